The van der Waals surface area contributed by atoms with Gasteiger partial charge in [-0.1, -0.05) is 60.7 Å². The van der Waals surface area contributed by atoms with Crippen molar-refractivity contribution in [3.63, 3.8) is 0 Å². The molecule has 0 fully saturated rings. The summed E-state index contributed by atoms with van der Waals surface area (Å²) < 4.78 is 17.1. The van der Waals surface area contributed by atoms with Crippen LogP contribution < -0.4 is 14.8 Å². The van der Waals surface area contributed by atoms with Crippen molar-refractivity contribution in [3.8, 4) is 5.88 Å². The van der Waals surface area contributed by atoms with Crippen LogP contribution in [0.25, 0.3) is 11.1 Å². The zero-order valence-corrected chi connectivity index (χ0v) is 16.7. The van der Waals surface area contributed by atoms with Crippen molar-refractivity contribution in [1.29, 1.82) is 0 Å². The zero-order chi connectivity index (χ0) is 21.5. The third kappa shape index (κ3) is 5.51. The van der Waals surface area contributed by atoms with Gasteiger partial charge in [-0.05, 0) is 11.1 Å². The van der Waals surface area contributed by atoms with E-state index < -0.39 is 6.09 Å². The topological polar surface area (TPSA) is 101 Å². The van der Waals surface area contributed by atoms with Gasteiger partial charge < -0.3 is 24.4 Å². The number of carbonyl (C=O) groups is 1. The highest BCUT2D eigenvalue weighted by atomic mass is 16.6. The highest BCUT2D eigenvalue weighted by Crippen LogP contribution is 2.19. The maximum atomic E-state index is 12.2. The number of benzene rings is 2. The van der Waals surface area contributed by atoms with Gasteiger partial charge in [0.25, 0.3) is 0 Å². The van der Waals surface area contributed by atoms with Gasteiger partial charge in [0.2, 0.25) is 6.20 Å². The molecule has 0 saturated carbocycles. The Morgan fingerprint density at radius 3 is 2.42 bits per heavy atom. The molecule has 0 aliphatic heterocycles. The van der Waals surface area contributed by atoms with E-state index in [0.29, 0.717) is 28.1 Å². The molecule has 2 heterocycles. The summed E-state index contributed by atoms with van der Waals surface area (Å²) in [4.78, 5) is 16.1. The molecule has 2 aromatic carbocycles. The van der Waals surface area contributed by atoms with Crippen LogP contribution in [0.15, 0.2) is 77.3 Å². The Morgan fingerprint density at radius 1 is 1.03 bits per heavy atom. The molecule has 0 aliphatic carbocycles. The standard InChI is InChI=1S/C23H21N3O5/c27-23(30-16-18-9-5-2-6-10-18)24-12-11-21-25-19-14-26(28)22(13-20(19)31-21)29-15-17-7-3-1-4-8-17/h1-10,13-14H,11-12,15-16H2,(H,24,27). The molecule has 0 bridgehead atoms. The minimum Gasteiger partial charge on any atom is -0.616 e. The number of amides is 1. The van der Waals surface area contributed by atoms with E-state index in [-0.39, 0.29) is 25.6 Å². The third-order valence-electron chi connectivity index (χ3n) is 4.49. The van der Waals surface area contributed by atoms with Crippen molar-refractivity contribution < 1.29 is 23.4 Å². The number of fused-ring (bicyclic) bond motifs is 1. The van der Waals surface area contributed by atoms with Gasteiger partial charge in [-0.2, -0.15) is 0 Å². The third-order valence-corrected chi connectivity index (χ3v) is 4.49. The smallest absolute Gasteiger partial charge is 0.407 e. The summed E-state index contributed by atoms with van der Waals surface area (Å²) in [5, 5.41) is 14.8. The van der Waals surface area contributed by atoms with Gasteiger partial charge in [0, 0.05) is 13.0 Å². The highest BCUT2D eigenvalue weighted by molar-refractivity contribution is 5.71. The van der Waals surface area contributed by atoms with Crippen LogP contribution >= 0.6 is 0 Å². The Kier molecular flexibility index (Phi) is 6.27. The Labute approximate surface area is 178 Å². The van der Waals surface area contributed by atoms with Gasteiger partial charge >= 0.3 is 12.0 Å². The fourth-order valence-electron chi connectivity index (χ4n) is 2.93. The van der Waals surface area contributed by atoms with Crippen molar-refractivity contribution in [2.24, 2.45) is 0 Å². The summed E-state index contributed by atoms with van der Waals surface area (Å²) in [5.41, 5.74) is 2.72. The molecule has 158 valence electrons. The van der Waals surface area contributed by atoms with Gasteiger partial charge in [-0.25, -0.2) is 9.78 Å². The van der Waals surface area contributed by atoms with E-state index in [0.717, 1.165) is 11.1 Å². The number of hydrogen-bond acceptors (Lipinski definition) is 6. The summed E-state index contributed by atoms with van der Waals surface area (Å²) >= 11 is 0. The molecule has 1 amide bonds. The number of rotatable bonds is 8. The first-order chi connectivity index (χ1) is 15.2. The van der Waals surface area contributed by atoms with Crippen molar-refractivity contribution in [1.82, 2.24) is 10.3 Å². The molecule has 1 N–H and O–H groups in total. The van der Waals surface area contributed by atoms with Crippen molar-refractivity contribution in [2.45, 2.75) is 19.6 Å². The number of nitrogens with zero attached hydrogens (tertiary/aromatic N) is 2. The fraction of sp³-hybridized carbons (Fsp3) is 0.174. The quantitative estimate of drug-likeness (QED) is 0.347. The molecule has 0 aliphatic rings. The van der Waals surface area contributed by atoms with Crippen LogP contribution in [0.2, 0.25) is 0 Å². The van der Waals surface area contributed by atoms with E-state index in [4.69, 9.17) is 13.9 Å². The molecule has 4 aromatic rings. The van der Waals surface area contributed by atoms with Crippen molar-refractivity contribution >= 4 is 17.2 Å². The minimum atomic E-state index is -0.519. The molecule has 8 nitrogen and oxygen atoms in total. The number of pyridine rings is 1. The monoisotopic (exact) mass is 419 g/mol. The Morgan fingerprint density at radius 2 is 1.71 bits per heavy atom. The van der Waals surface area contributed by atoms with Crippen LogP contribution in [0.1, 0.15) is 17.0 Å². The van der Waals surface area contributed by atoms with Crippen molar-refractivity contribution in [2.75, 3.05) is 6.54 Å². The molecule has 31 heavy (non-hydrogen) atoms. The maximum Gasteiger partial charge on any atom is 0.407 e. The van der Waals surface area contributed by atoms with E-state index >= 15 is 0 Å². The van der Waals surface area contributed by atoms with E-state index in [1.807, 2.05) is 60.7 Å². The number of carbonyl (C=O) groups excluding carboxylic acids is 1. The largest absolute Gasteiger partial charge is 0.616 e. The minimum absolute atomic E-state index is 0.127. The lowest BCUT2D eigenvalue weighted by Crippen LogP contribution is -2.28. The second-order valence-corrected chi connectivity index (χ2v) is 6.81. The lowest BCUT2D eigenvalue weighted by atomic mass is 10.2. The molecule has 2 aromatic heterocycles. The molecule has 0 saturated heterocycles. The SMILES string of the molecule is O=C(NCCc1nc2c[n+]([O-])c(OCc3ccccc3)cc2o1)OCc1ccccc1. The number of oxazole rings is 1. The second-order valence-electron chi connectivity index (χ2n) is 6.81. The highest BCUT2D eigenvalue weighted by Gasteiger charge is 2.15. The van der Waals surface area contributed by atoms with Crippen LogP contribution in [0, 0.1) is 5.21 Å². The number of aromatic nitrogens is 2. The molecule has 0 radical (unpaired) electrons. The summed E-state index contributed by atoms with van der Waals surface area (Å²) in [6.45, 7) is 0.755. The Balaban J connectivity index is 1.30. The summed E-state index contributed by atoms with van der Waals surface area (Å²) in [6, 6.07) is 20.5. The van der Waals surface area contributed by atoms with Gasteiger partial charge in [0.15, 0.2) is 17.0 Å². The average Bonchev–Trinajstić information content (AvgIpc) is 3.18. The molecular weight excluding hydrogens is 398 g/mol. The molecular formula is C23H21N3O5. The maximum absolute atomic E-state index is 12.2. The molecule has 0 unspecified atom stereocenters. The lowest BCUT2D eigenvalue weighted by molar-refractivity contribution is -0.611. The number of alkyl carbamates (subject to hydrolysis) is 1. The molecule has 8 heteroatoms. The lowest BCUT2D eigenvalue weighted by Gasteiger charge is -2.06. The number of ether oxygens (including phenoxy) is 2. The van der Waals surface area contributed by atoms with Crippen molar-refractivity contribution in [3.05, 3.63) is 95.2 Å². The normalized spacial score (nSPS) is 10.7. The number of hydrogen-bond donors (Lipinski definition) is 1. The average molecular weight is 419 g/mol. The number of nitrogens with one attached hydrogen (secondary N) is 1. The van der Waals surface area contributed by atoms with E-state index in [1.165, 1.54) is 12.3 Å². The van der Waals surface area contributed by atoms with Crippen LogP contribution in [-0.4, -0.2) is 17.6 Å². The van der Waals surface area contributed by atoms with E-state index in [1.54, 1.807) is 0 Å². The molecule has 0 spiro atoms. The van der Waals surface area contributed by atoms with E-state index in [9.17, 15) is 10.0 Å². The van der Waals surface area contributed by atoms with E-state index in [2.05, 4.69) is 10.3 Å². The van der Waals surface area contributed by atoms with Gasteiger partial charge in [-0.3, -0.25) is 0 Å². The summed E-state index contributed by atoms with van der Waals surface area (Å²) in [5.74, 6) is 0.528. The predicted octanol–water partition coefficient (Wildman–Crippen LogP) is 3.51. The first-order valence-corrected chi connectivity index (χ1v) is 9.81. The summed E-state index contributed by atoms with van der Waals surface area (Å²) in [6.07, 6.45) is 1.15. The van der Waals surface area contributed by atoms with Gasteiger partial charge in [0.05, 0.1) is 6.07 Å². The molecule has 4 rings (SSSR count). The first kappa shape index (κ1) is 20.2. The summed E-state index contributed by atoms with van der Waals surface area (Å²) in [7, 11) is 0. The van der Waals surface area contributed by atoms with Crippen LogP contribution in [0.5, 0.6) is 5.88 Å². The van der Waals surface area contributed by atoms with Gasteiger partial charge in [-0.15, -0.1) is 4.73 Å². The second kappa shape index (κ2) is 9.62. The Hall–Kier alpha value is -4.07. The van der Waals surface area contributed by atoms with Gasteiger partial charge in [0.1, 0.15) is 13.2 Å². The van der Waals surface area contributed by atoms with Crippen LogP contribution in [-0.2, 0) is 24.4 Å². The van der Waals surface area contributed by atoms with Crippen LogP contribution in [0.4, 0.5) is 4.79 Å². The Bertz CT molecular complexity index is 1150. The molecule has 0 atom stereocenters. The van der Waals surface area contributed by atoms with Crippen LogP contribution in [0.3, 0.4) is 0 Å². The fourth-order valence-corrected chi connectivity index (χ4v) is 2.93. The first-order valence-electron chi connectivity index (χ1n) is 9.81. The zero-order valence-electron chi connectivity index (χ0n) is 16.7. The predicted molar refractivity (Wildman–Crippen MR) is 112 cm³/mol.